The Morgan fingerprint density at radius 3 is 2.63 bits per heavy atom. The highest BCUT2D eigenvalue weighted by Crippen LogP contribution is 2.15. The second-order valence-corrected chi connectivity index (χ2v) is 6.22. The van der Waals surface area contributed by atoms with Crippen molar-refractivity contribution in [1.29, 1.82) is 0 Å². The van der Waals surface area contributed by atoms with Gasteiger partial charge in [0, 0.05) is 6.54 Å². The molecule has 0 saturated heterocycles. The van der Waals surface area contributed by atoms with Crippen molar-refractivity contribution in [2.24, 2.45) is 5.73 Å². The average Bonchev–Trinajstić information content (AvgIpc) is 2.37. The largest absolute Gasteiger partial charge is 0.469 e. The van der Waals surface area contributed by atoms with E-state index in [4.69, 9.17) is 5.73 Å². The molecule has 1 aromatic rings. The van der Waals surface area contributed by atoms with Crippen LogP contribution in [0.15, 0.2) is 18.2 Å². The predicted octanol–water partition coefficient (Wildman–Crippen LogP) is 0.762. The number of hydrogen-bond donors (Lipinski definition) is 1. The van der Waals surface area contributed by atoms with E-state index in [0.717, 1.165) is 0 Å². The molecule has 1 rings (SSSR count). The Morgan fingerprint density at radius 2 is 2.05 bits per heavy atom. The summed E-state index contributed by atoms with van der Waals surface area (Å²) in [6, 6.07) is 3.79. The molecule has 0 aliphatic rings. The quantitative estimate of drug-likeness (QED) is 0.781. The van der Waals surface area contributed by atoms with Gasteiger partial charge in [-0.15, -0.1) is 0 Å². The molecule has 2 N–H and O–H groups in total. The standard InChI is InChI=1S/C12H16FNO4S/c1-18-12(15)4-5-19(16,17)8-9-2-3-11(13)6-10(9)7-14/h2-3,6H,4-5,7-8,14H2,1H3. The van der Waals surface area contributed by atoms with Gasteiger partial charge in [0.1, 0.15) is 5.82 Å². The first kappa shape index (κ1) is 15.6. The summed E-state index contributed by atoms with van der Waals surface area (Å²) in [6.07, 6.45) is -0.196. The summed E-state index contributed by atoms with van der Waals surface area (Å²) in [5, 5.41) is 0. The van der Waals surface area contributed by atoms with Gasteiger partial charge in [-0.3, -0.25) is 4.79 Å². The number of hydrogen-bond acceptors (Lipinski definition) is 5. The van der Waals surface area contributed by atoms with Crippen molar-refractivity contribution in [2.75, 3.05) is 12.9 Å². The fourth-order valence-corrected chi connectivity index (χ4v) is 2.95. The van der Waals surface area contributed by atoms with Gasteiger partial charge in [0.25, 0.3) is 0 Å². The van der Waals surface area contributed by atoms with Gasteiger partial charge >= 0.3 is 5.97 Å². The molecule has 19 heavy (non-hydrogen) atoms. The van der Waals surface area contributed by atoms with Crippen LogP contribution in [0.3, 0.4) is 0 Å². The SMILES string of the molecule is COC(=O)CCS(=O)(=O)Cc1ccc(F)cc1CN. The van der Waals surface area contributed by atoms with Gasteiger partial charge in [-0.05, 0) is 23.3 Å². The van der Waals surface area contributed by atoms with E-state index in [9.17, 15) is 17.6 Å². The number of esters is 1. The lowest BCUT2D eigenvalue weighted by Crippen LogP contribution is -2.15. The molecule has 0 aliphatic carbocycles. The van der Waals surface area contributed by atoms with Crippen molar-refractivity contribution in [1.82, 2.24) is 0 Å². The van der Waals surface area contributed by atoms with Crippen LogP contribution in [-0.4, -0.2) is 27.2 Å². The van der Waals surface area contributed by atoms with Crippen LogP contribution in [0.5, 0.6) is 0 Å². The summed E-state index contributed by atoms with van der Waals surface area (Å²) in [7, 11) is -2.27. The molecule has 0 aromatic heterocycles. The number of nitrogens with two attached hydrogens (primary N) is 1. The Kier molecular flexibility index (Phi) is 5.44. The number of benzene rings is 1. The van der Waals surface area contributed by atoms with Crippen molar-refractivity contribution in [3.8, 4) is 0 Å². The average molecular weight is 289 g/mol. The van der Waals surface area contributed by atoms with Gasteiger partial charge in [0.05, 0.1) is 25.0 Å². The highest BCUT2D eigenvalue weighted by atomic mass is 32.2. The van der Waals surface area contributed by atoms with E-state index in [2.05, 4.69) is 4.74 Å². The zero-order valence-corrected chi connectivity index (χ0v) is 11.4. The van der Waals surface area contributed by atoms with Gasteiger partial charge in [0.15, 0.2) is 9.84 Å². The Bertz CT molecular complexity index is 557. The van der Waals surface area contributed by atoms with Crippen molar-refractivity contribution in [3.63, 3.8) is 0 Å². The first-order valence-electron chi connectivity index (χ1n) is 5.62. The number of rotatable bonds is 6. The van der Waals surface area contributed by atoms with E-state index in [0.29, 0.717) is 11.1 Å². The molecule has 5 nitrogen and oxygen atoms in total. The molecule has 7 heteroatoms. The van der Waals surface area contributed by atoms with Gasteiger partial charge in [-0.1, -0.05) is 6.07 Å². The third-order valence-electron chi connectivity index (χ3n) is 2.61. The first-order chi connectivity index (χ1) is 8.88. The van der Waals surface area contributed by atoms with Crippen LogP contribution >= 0.6 is 0 Å². The minimum Gasteiger partial charge on any atom is -0.469 e. The van der Waals surface area contributed by atoms with E-state index < -0.39 is 21.6 Å². The third kappa shape index (κ3) is 4.96. The van der Waals surface area contributed by atoms with Gasteiger partial charge in [-0.2, -0.15) is 0 Å². The van der Waals surface area contributed by atoms with Crippen LogP contribution < -0.4 is 5.73 Å². The second kappa shape index (κ2) is 6.63. The number of sulfone groups is 1. The lowest BCUT2D eigenvalue weighted by atomic mass is 10.1. The maximum Gasteiger partial charge on any atom is 0.306 e. The minimum atomic E-state index is -3.46. The van der Waals surface area contributed by atoms with Crippen molar-refractivity contribution >= 4 is 15.8 Å². The summed E-state index contributed by atoms with van der Waals surface area (Å²) in [6.45, 7) is 0.0552. The highest BCUT2D eigenvalue weighted by Gasteiger charge is 2.16. The lowest BCUT2D eigenvalue weighted by Gasteiger charge is -2.08. The summed E-state index contributed by atoms with van der Waals surface area (Å²) in [5.74, 6) is -1.62. The van der Waals surface area contributed by atoms with Crippen molar-refractivity contribution < 1.29 is 22.3 Å². The molecule has 0 radical (unpaired) electrons. The van der Waals surface area contributed by atoms with Gasteiger partial charge in [-0.25, -0.2) is 12.8 Å². The molecule has 0 spiro atoms. The van der Waals surface area contributed by atoms with E-state index in [1.54, 1.807) is 0 Å². The molecule has 0 unspecified atom stereocenters. The first-order valence-corrected chi connectivity index (χ1v) is 7.44. The maximum absolute atomic E-state index is 13.0. The Morgan fingerprint density at radius 1 is 1.37 bits per heavy atom. The third-order valence-corrected chi connectivity index (χ3v) is 4.19. The van der Waals surface area contributed by atoms with Crippen LogP contribution in [0.4, 0.5) is 4.39 Å². The zero-order chi connectivity index (χ0) is 14.5. The highest BCUT2D eigenvalue weighted by molar-refractivity contribution is 7.90. The van der Waals surface area contributed by atoms with Crippen LogP contribution in [0.25, 0.3) is 0 Å². The molecule has 0 saturated carbocycles. The molecule has 0 fully saturated rings. The molecule has 0 atom stereocenters. The summed E-state index contributed by atoms with van der Waals surface area (Å²) in [5.41, 5.74) is 6.35. The van der Waals surface area contributed by atoms with Gasteiger partial charge in [0.2, 0.25) is 0 Å². The van der Waals surface area contributed by atoms with Crippen LogP contribution in [0.2, 0.25) is 0 Å². The number of carbonyl (C=O) groups excluding carboxylic acids is 1. The Labute approximate surface area is 111 Å². The van der Waals surface area contributed by atoms with Crippen molar-refractivity contribution in [3.05, 3.63) is 35.1 Å². The molecule has 106 valence electrons. The topological polar surface area (TPSA) is 86.5 Å². The molecule has 1 aromatic carbocycles. The molecular formula is C12H16FNO4S. The van der Waals surface area contributed by atoms with E-state index in [1.807, 2.05) is 0 Å². The summed E-state index contributed by atoms with van der Waals surface area (Å²) < 4.78 is 41.0. The number of methoxy groups -OCH3 is 1. The monoisotopic (exact) mass is 289 g/mol. The normalized spacial score (nSPS) is 11.3. The van der Waals surface area contributed by atoms with E-state index >= 15 is 0 Å². The second-order valence-electron chi connectivity index (χ2n) is 4.04. The summed E-state index contributed by atoms with van der Waals surface area (Å²) >= 11 is 0. The minimum absolute atomic E-state index is 0.0552. The van der Waals surface area contributed by atoms with E-state index in [-0.39, 0.29) is 24.5 Å². The van der Waals surface area contributed by atoms with Crippen molar-refractivity contribution in [2.45, 2.75) is 18.7 Å². The fourth-order valence-electron chi connectivity index (χ4n) is 1.58. The zero-order valence-electron chi connectivity index (χ0n) is 10.6. The van der Waals surface area contributed by atoms with Gasteiger partial charge < -0.3 is 10.5 Å². The Hall–Kier alpha value is -1.47. The molecule has 0 bridgehead atoms. The molecule has 0 aliphatic heterocycles. The molecule has 0 heterocycles. The number of halogens is 1. The van der Waals surface area contributed by atoms with Crippen LogP contribution in [0, 0.1) is 5.82 Å². The van der Waals surface area contributed by atoms with Crippen LogP contribution in [-0.2, 0) is 31.7 Å². The van der Waals surface area contributed by atoms with Crippen LogP contribution in [0.1, 0.15) is 17.5 Å². The fraction of sp³-hybridized carbons (Fsp3) is 0.417. The number of ether oxygens (including phenoxy) is 1. The maximum atomic E-state index is 13.0. The molecule has 0 amide bonds. The smallest absolute Gasteiger partial charge is 0.306 e. The van der Waals surface area contributed by atoms with E-state index in [1.165, 1.54) is 25.3 Å². The lowest BCUT2D eigenvalue weighted by molar-refractivity contribution is -0.140. The number of carbonyl (C=O) groups is 1. The summed E-state index contributed by atoms with van der Waals surface area (Å²) in [4.78, 5) is 10.9. The Balaban J connectivity index is 2.80. The predicted molar refractivity (Wildman–Crippen MR) is 68.4 cm³/mol. The molecular weight excluding hydrogens is 273 g/mol.